The minimum atomic E-state index is -1.01. The molecule has 0 unspecified atom stereocenters. The van der Waals surface area contributed by atoms with Crippen molar-refractivity contribution in [3.8, 4) is 11.6 Å². The van der Waals surface area contributed by atoms with Crippen LogP contribution in [-0.4, -0.2) is 42.9 Å². The number of nitrogens with zero attached hydrogens (tertiary/aromatic N) is 4. The standard InChI is InChI=1S/C34H30BN4O2/c1-33(2,40)34(3,4)41-35-22-20-36-32(37-21-22)39-29-17-11-9-15-25(29)27-18-26-24-14-8-10-16-28(24)38(30(26)19-31(27)39)23-12-6-5-7-13-23/h5-21,40H,1-4H3. The van der Waals surface area contributed by atoms with E-state index in [0.717, 1.165) is 38.5 Å². The van der Waals surface area contributed by atoms with Crippen LogP contribution >= 0.6 is 0 Å². The second-order valence-electron chi connectivity index (χ2n) is 11.5. The lowest BCUT2D eigenvalue weighted by Crippen LogP contribution is -2.49. The molecule has 7 rings (SSSR count). The topological polar surface area (TPSA) is 65.1 Å². The molecule has 0 atom stereocenters. The Morgan fingerprint density at radius 3 is 1.78 bits per heavy atom. The number of hydrogen-bond donors (Lipinski definition) is 1. The van der Waals surface area contributed by atoms with Crippen molar-refractivity contribution in [2.24, 2.45) is 0 Å². The van der Waals surface area contributed by atoms with Crippen LogP contribution in [0.15, 0.2) is 103 Å². The molecule has 0 aliphatic carbocycles. The summed E-state index contributed by atoms with van der Waals surface area (Å²) in [6.07, 6.45) is 3.51. The van der Waals surface area contributed by atoms with Crippen molar-refractivity contribution in [1.82, 2.24) is 19.1 Å². The Morgan fingerprint density at radius 2 is 1.17 bits per heavy atom. The van der Waals surface area contributed by atoms with Gasteiger partial charge in [-0.1, -0.05) is 54.6 Å². The smallest absolute Gasteiger partial charge is 0.334 e. The number of fused-ring (bicyclic) bond motifs is 6. The van der Waals surface area contributed by atoms with Crippen LogP contribution in [0.5, 0.6) is 0 Å². The highest BCUT2D eigenvalue weighted by Crippen LogP contribution is 2.39. The van der Waals surface area contributed by atoms with Gasteiger partial charge in [0.25, 0.3) is 0 Å². The van der Waals surface area contributed by atoms with Gasteiger partial charge in [-0.15, -0.1) is 0 Å². The second-order valence-corrected chi connectivity index (χ2v) is 11.5. The zero-order valence-electron chi connectivity index (χ0n) is 23.5. The molecule has 41 heavy (non-hydrogen) atoms. The number of hydrogen-bond acceptors (Lipinski definition) is 4. The third-order valence-electron chi connectivity index (χ3n) is 8.30. The number of benzene rings is 4. The lowest BCUT2D eigenvalue weighted by Gasteiger charge is -2.37. The van der Waals surface area contributed by atoms with Crippen LogP contribution in [0.2, 0.25) is 0 Å². The third kappa shape index (κ3) is 4.12. The first-order chi connectivity index (χ1) is 19.7. The van der Waals surface area contributed by atoms with E-state index in [1.807, 2.05) is 26.0 Å². The molecule has 4 aromatic carbocycles. The molecule has 201 valence electrons. The van der Waals surface area contributed by atoms with Gasteiger partial charge in [0.1, 0.15) is 0 Å². The first-order valence-electron chi connectivity index (χ1n) is 13.8. The molecule has 0 spiro atoms. The van der Waals surface area contributed by atoms with E-state index in [0.29, 0.717) is 5.95 Å². The molecule has 0 bridgehead atoms. The lowest BCUT2D eigenvalue weighted by molar-refractivity contribution is -0.0893. The monoisotopic (exact) mass is 537 g/mol. The van der Waals surface area contributed by atoms with Crippen LogP contribution in [0.3, 0.4) is 0 Å². The maximum atomic E-state index is 10.4. The summed E-state index contributed by atoms with van der Waals surface area (Å²) in [5.41, 5.74) is 4.42. The van der Waals surface area contributed by atoms with Gasteiger partial charge in [0, 0.05) is 39.6 Å². The Hall–Kier alpha value is -4.46. The average Bonchev–Trinajstić information content (AvgIpc) is 3.47. The van der Waals surface area contributed by atoms with Gasteiger partial charge in [0.15, 0.2) is 0 Å². The SMILES string of the molecule is CC(C)(O)C(C)(C)O[B]c1cnc(-n2c3ccccc3c3cc4c5ccccc5n(-c5ccccc5)c4cc32)nc1. The van der Waals surface area contributed by atoms with Crippen molar-refractivity contribution in [1.29, 1.82) is 0 Å². The molecule has 7 heteroatoms. The van der Waals surface area contributed by atoms with Gasteiger partial charge < -0.3 is 14.3 Å². The van der Waals surface area contributed by atoms with Gasteiger partial charge in [-0.25, -0.2) is 9.97 Å². The Labute approximate surface area is 239 Å². The maximum Gasteiger partial charge on any atom is 0.334 e. The van der Waals surface area contributed by atoms with Crippen LogP contribution in [0, 0.1) is 0 Å². The van der Waals surface area contributed by atoms with E-state index in [9.17, 15) is 5.11 Å². The van der Waals surface area contributed by atoms with Crippen LogP contribution in [0.4, 0.5) is 0 Å². The molecule has 1 N–H and O–H groups in total. The van der Waals surface area contributed by atoms with Gasteiger partial charge in [0.2, 0.25) is 5.95 Å². The van der Waals surface area contributed by atoms with E-state index in [2.05, 4.69) is 88.0 Å². The van der Waals surface area contributed by atoms with Crippen molar-refractivity contribution in [2.45, 2.75) is 38.9 Å². The Morgan fingerprint density at radius 1 is 0.634 bits per heavy atom. The molecule has 7 aromatic rings. The summed E-state index contributed by atoms with van der Waals surface area (Å²) < 4.78 is 10.4. The van der Waals surface area contributed by atoms with Gasteiger partial charge in [0.05, 0.1) is 33.3 Å². The average molecular weight is 537 g/mol. The fourth-order valence-corrected chi connectivity index (χ4v) is 5.37. The summed E-state index contributed by atoms with van der Waals surface area (Å²) in [7, 11) is 1.61. The van der Waals surface area contributed by atoms with Crippen molar-refractivity contribution >= 4 is 56.6 Å². The quantitative estimate of drug-likeness (QED) is 0.247. The maximum absolute atomic E-state index is 10.4. The van der Waals surface area contributed by atoms with Crippen LogP contribution in [-0.2, 0) is 4.65 Å². The first kappa shape index (κ1) is 25.5. The summed E-state index contributed by atoms with van der Waals surface area (Å²) >= 11 is 0. The number of rotatable bonds is 6. The molecule has 0 fully saturated rings. The summed E-state index contributed by atoms with van der Waals surface area (Å²) in [5.74, 6) is 0.580. The minimum Gasteiger partial charge on any atom is -0.427 e. The first-order valence-corrected chi connectivity index (χ1v) is 13.8. The van der Waals surface area contributed by atoms with Crippen LogP contribution < -0.4 is 5.46 Å². The zero-order valence-corrected chi connectivity index (χ0v) is 23.5. The Balaban J connectivity index is 1.42. The van der Waals surface area contributed by atoms with E-state index in [4.69, 9.17) is 14.6 Å². The van der Waals surface area contributed by atoms with Gasteiger partial charge in [-0.3, -0.25) is 4.57 Å². The molecule has 0 aliphatic heterocycles. The van der Waals surface area contributed by atoms with Crippen molar-refractivity contribution in [3.63, 3.8) is 0 Å². The number of aromatic nitrogens is 4. The predicted molar refractivity (Wildman–Crippen MR) is 168 cm³/mol. The van der Waals surface area contributed by atoms with Crippen LogP contribution in [0.1, 0.15) is 27.7 Å². The Kier molecular flexibility index (Phi) is 5.78. The van der Waals surface area contributed by atoms with Crippen molar-refractivity contribution < 1.29 is 9.76 Å². The molecule has 6 nitrogen and oxygen atoms in total. The molecule has 0 saturated heterocycles. The summed E-state index contributed by atoms with van der Waals surface area (Å²) in [6.45, 7) is 7.17. The van der Waals surface area contributed by atoms with Gasteiger partial charge in [-0.2, -0.15) is 0 Å². The second kappa shape index (κ2) is 9.30. The predicted octanol–water partition coefficient (Wildman–Crippen LogP) is 6.48. The summed E-state index contributed by atoms with van der Waals surface area (Å²) in [4.78, 5) is 9.52. The molecule has 3 aromatic heterocycles. The normalized spacial score (nSPS) is 12.6. The molecular formula is C34H30BN4O2. The van der Waals surface area contributed by atoms with Crippen molar-refractivity contribution in [3.05, 3.63) is 103 Å². The van der Waals surface area contributed by atoms with E-state index in [1.54, 1.807) is 33.7 Å². The molecule has 3 heterocycles. The fourth-order valence-electron chi connectivity index (χ4n) is 5.37. The molecule has 0 aliphatic rings. The van der Waals surface area contributed by atoms with E-state index < -0.39 is 11.2 Å². The van der Waals surface area contributed by atoms with Crippen molar-refractivity contribution in [2.75, 3.05) is 0 Å². The highest BCUT2D eigenvalue weighted by Gasteiger charge is 2.35. The lowest BCUT2D eigenvalue weighted by atomic mass is 9.84. The van der Waals surface area contributed by atoms with Gasteiger partial charge in [-0.05, 0) is 69.6 Å². The molecular weight excluding hydrogens is 507 g/mol. The number of aliphatic hydroxyl groups is 1. The van der Waals surface area contributed by atoms with E-state index in [-0.39, 0.29) is 0 Å². The summed E-state index contributed by atoms with van der Waals surface area (Å²) in [5, 5.41) is 15.1. The fraction of sp³-hybridized carbons (Fsp3) is 0.176. The van der Waals surface area contributed by atoms with E-state index in [1.165, 1.54) is 16.3 Å². The molecule has 1 radical (unpaired) electrons. The largest absolute Gasteiger partial charge is 0.427 e. The highest BCUT2D eigenvalue weighted by molar-refractivity contribution is 6.46. The minimum absolute atomic E-state index is 0.580. The number of para-hydroxylation sites is 3. The Bertz CT molecular complexity index is 2050. The highest BCUT2D eigenvalue weighted by atomic mass is 16.5. The van der Waals surface area contributed by atoms with Gasteiger partial charge >= 0.3 is 7.48 Å². The van der Waals surface area contributed by atoms with Crippen LogP contribution in [0.25, 0.3) is 55.2 Å². The molecule has 0 amide bonds. The zero-order chi connectivity index (χ0) is 28.4. The van der Waals surface area contributed by atoms with E-state index >= 15 is 0 Å². The summed E-state index contributed by atoms with van der Waals surface area (Å²) in [6, 6.07) is 32.0. The molecule has 0 saturated carbocycles. The third-order valence-corrected chi connectivity index (χ3v) is 8.30.